The Balaban J connectivity index is 1.89. The molecule has 1 N–H and O–H groups in total. The number of rotatable bonds is 9. The van der Waals surface area contributed by atoms with E-state index in [0.29, 0.717) is 31.1 Å². The van der Waals surface area contributed by atoms with Gasteiger partial charge in [0, 0.05) is 25.6 Å². The Hall–Kier alpha value is -2.42. The topological polar surface area (TPSA) is 72.4 Å². The summed E-state index contributed by atoms with van der Waals surface area (Å²) in [5.74, 6) is 1.32. The van der Waals surface area contributed by atoms with Gasteiger partial charge < -0.3 is 19.5 Å². The molecule has 1 amide bonds. The zero-order chi connectivity index (χ0) is 19.9. The average Bonchev–Trinajstić information content (AvgIpc) is 3.40. The molecule has 7 nitrogen and oxygen atoms in total. The fourth-order valence-corrected chi connectivity index (χ4v) is 3.85. The first-order chi connectivity index (χ1) is 13.7. The van der Waals surface area contributed by atoms with Crippen LogP contribution in [0.5, 0.6) is 11.5 Å². The molecule has 8 heteroatoms. The van der Waals surface area contributed by atoms with Crippen LogP contribution in [-0.2, 0) is 9.53 Å². The van der Waals surface area contributed by atoms with E-state index in [0.717, 1.165) is 16.2 Å². The Labute approximate surface area is 168 Å². The maximum absolute atomic E-state index is 12.9. The van der Waals surface area contributed by atoms with Crippen molar-refractivity contribution in [1.82, 2.24) is 10.3 Å². The minimum absolute atomic E-state index is 0.0995. The molecule has 0 spiro atoms. The quantitative estimate of drug-likeness (QED) is 0.652. The van der Waals surface area contributed by atoms with Gasteiger partial charge >= 0.3 is 0 Å². The average molecular weight is 404 g/mol. The minimum atomic E-state index is -0.251. The number of carbonyl (C=O) groups excluding carboxylic acids is 1. The maximum atomic E-state index is 12.9. The van der Waals surface area contributed by atoms with Crippen LogP contribution in [0.1, 0.15) is 22.9 Å². The number of nitrogens with one attached hydrogen (secondary N) is 1. The molecule has 1 unspecified atom stereocenters. The molecule has 1 atom stereocenters. The summed E-state index contributed by atoms with van der Waals surface area (Å²) in [4.78, 5) is 14.0. The van der Waals surface area contributed by atoms with Crippen molar-refractivity contribution in [2.45, 2.75) is 12.5 Å². The number of nitrogens with zero attached hydrogens (tertiary/aromatic N) is 2. The number of hydrogen-bond acceptors (Lipinski definition) is 7. The second kappa shape index (κ2) is 9.68. The summed E-state index contributed by atoms with van der Waals surface area (Å²) in [5.41, 5.74) is 1.78. The number of carbonyl (C=O) groups is 1. The van der Waals surface area contributed by atoms with Crippen molar-refractivity contribution in [1.29, 1.82) is 0 Å². The molecule has 0 aliphatic carbocycles. The Morgan fingerprint density at radius 1 is 1.29 bits per heavy atom. The summed E-state index contributed by atoms with van der Waals surface area (Å²) in [6.45, 7) is 1.34. The monoisotopic (exact) mass is 403 g/mol. The van der Waals surface area contributed by atoms with Gasteiger partial charge in [-0.2, -0.15) is 5.10 Å². The highest BCUT2D eigenvalue weighted by Crippen LogP contribution is 2.39. The fraction of sp³-hybridized carbons (Fsp3) is 0.400. The molecular weight excluding hydrogens is 378 g/mol. The lowest BCUT2D eigenvalue weighted by atomic mass is 9.99. The van der Waals surface area contributed by atoms with E-state index >= 15 is 0 Å². The van der Waals surface area contributed by atoms with E-state index in [9.17, 15) is 4.79 Å². The van der Waals surface area contributed by atoms with Gasteiger partial charge in [-0.15, -0.1) is 11.3 Å². The van der Waals surface area contributed by atoms with Crippen LogP contribution >= 0.6 is 11.3 Å². The molecule has 1 aromatic carbocycles. The lowest BCUT2D eigenvalue weighted by molar-refractivity contribution is -0.132. The van der Waals surface area contributed by atoms with Crippen molar-refractivity contribution in [2.24, 2.45) is 5.10 Å². The molecular formula is C20H25N3O4S. The van der Waals surface area contributed by atoms with Crippen LogP contribution in [0, 0.1) is 0 Å². The van der Waals surface area contributed by atoms with Gasteiger partial charge in [-0.3, -0.25) is 4.79 Å². The van der Waals surface area contributed by atoms with Crippen LogP contribution in [-0.4, -0.2) is 57.7 Å². The van der Waals surface area contributed by atoms with Crippen LogP contribution < -0.4 is 14.8 Å². The lowest BCUT2D eigenvalue weighted by Crippen LogP contribution is -2.36. The van der Waals surface area contributed by atoms with Crippen molar-refractivity contribution in [3.63, 3.8) is 0 Å². The predicted octanol–water partition coefficient (Wildman–Crippen LogP) is 2.68. The van der Waals surface area contributed by atoms with E-state index in [-0.39, 0.29) is 18.5 Å². The zero-order valence-corrected chi connectivity index (χ0v) is 17.1. The lowest BCUT2D eigenvalue weighted by Gasteiger charge is -2.24. The first-order valence-corrected chi connectivity index (χ1v) is 9.91. The van der Waals surface area contributed by atoms with E-state index in [1.165, 1.54) is 0 Å². The summed E-state index contributed by atoms with van der Waals surface area (Å²) < 4.78 is 15.9. The molecule has 1 aliphatic rings. The Morgan fingerprint density at radius 2 is 2.14 bits per heavy atom. The van der Waals surface area contributed by atoms with Crippen LogP contribution in [0.15, 0.2) is 40.8 Å². The third-order valence-corrected chi connectivity index (χ3v) is 5.45. The van der Waals surface area contributed by atoms with Crippen LogP contribution in [0.3, 0.4) is 0 Å². The standard InChI is InChI=1S/C20H25N3O4S/c1-25-9-8-21-13-20(24)23-17(12-16(22-23)19-5-4-10-28-19)15-11-14(26-2)6-7-18(15)27-3/h4-7,10-11,17,21H,8-9,12-13H2,1-3H3. The smallest absolute Gasteiger partial charge is 0.257 e. The van der Waals surface area contributed by atoms with Crippen molar-refractivity contribution >= 4 is 23.0 Å². The van der Waals surface area contributed by atoms with Crippen molar-refractivity contribution in [3.8, 4) is 11.5 Å². The van der Waals surface area contributed by atoms with Crippen molar-refractivity contribution < 1.29 is 19.0 Å². The third kappa shape index (κ3) is 4.52. The zero-order valence-electron chi connectivity index (χ0n) is 16.3. The molecule has 0 saturated carbocycles. The van der Waals surface area contributed by atoms with Gasteiger partial charge in [-0.05, 0) is 29.6 Å². The van der Waals surface area contributed by atoms with E-state index in [2.05, 4.69) is 10.4 Å². The van der Waals surface area contributed by atoms with Crippen LogP contribution in [0.25, 0.3) is 0 Å². The van der Waals surface area contributed by atoms with Crippen LogP contribution in [0.2, 0.25) is 0 Å². The molecule has 2 aromatic rings. The number of thiophene rings is 1. The number of ether oxygens (including phenoxy) is 3. The number of benzene rings is 1. The van der Waals surface area contributed by atoms with Gasteiger partial charge in [-0.1, -0.05) is 6.07 Å². The first kappa shape index (κ1) is 20.3. The number of methoxy groups -OCH3 is 3. The van der Waals surface area contributed by atoms with Gasteiger partial charge in [0.2, 0.25) is 0 Å². The molecule has 3 rings (SSSR count). The molecule has 1 aliphatic heterocycles. The summed E-state index contributed by atoms with van der Waals surface area (Å²) in [6.07, 6.45) is 0.619. The highest BCUT2D eigenvalue weighted by Gasteiger charge is 2.35. The van der Waals surface area contributed by atoms with Crippen molar-refractivity contribution in [3.05, 3.63) is 46.2 Å². The van der Waals surface area contributed by atoms with Gasteiger partial charge in [0.1, 0.15) is 11.5 Å². The predicted molar refractivity (Wildman–Crippen MR) is 109 cm³/mol. The van der Waals surface area contributed by atoms with Crippen molar-refractivity contribution in [2.75, 3.05) is 41.0 Å². The molecule has 0 saturated heterocycles. The molecule has 0 fully saturated rings. The largest absolute Gasteiger partial charge is 0.497 e. The fourth-order valence-electron chi connectivity index (χ4n) is 3.12. The molecule has 150 valence electrons. The second-order valence-corrected chi connectivity index (χ2v) is 7.21. The normalized spacial score (nSPS) is 16.2. The Morgan fingerprint density at radius 3 is 2.82 bits per heavy atom. The van der Waals surface area contributed by atoms with Gasteiger partial charge in [0.25, 0.3) is 5.91 Å². The Bertz CT molecular complexity index is 823. The SMILES string of the molecule is COCCNCC(=O)N1N=C(c2cccs2)CC1c1cc(OC)ccc1OC. The highest BCUT2D eigenvalue weighted by atomic mass is 32.1. The van der Waals surface area contributed by atoms with Gasteiger partial charge in [0.15, 0.2) is 0 Å². The highest BCUT2D eigenvalue weighted by molar-refractivity contribution is 7.12. The second-order valence-electron chi connectivity index (χ2n) is 6.26. The van der Waals surface area contributed by atoms with E-state index in [1.54, 1.807) is 37.7 Å². The number of amides is 1. The molecule has 0 radical (unpaired) electrons. The third-order valence-electron chi connectivity index (χ3n) is 4.53. The van der Waals surface area contributed by atoms with Gasteiger partial charge in [-0.25, -0.2) is 5.01 Å². The first-order valence-electron chi connectivity index (χ1n) is 9.03. The number of hydrogen-bond donors (Lipinski definition) is 1. The van der Waals surface area contributed by atoms with Gasteiger partial charge in [0.05, 0.1) is 44.0 Å². The van der Waals surface area contributed by atoms with Crippen LogP contribution in [0.4, 0.5) is 0 Å². The molecule has 28 heavy (non-hydrogen) atoms. The number of hydrazone groups is 1. The van der Waals surface area contributed by atoms with E-state index in [4.69, 9.17) is 14.2 Å². The summed E-state index contributed by atoms with van der Waals surface area (Å²) in [7, 11) is 4.88. The van der Waals surface area contributed by atoms with E-state index in [1.807, 2.05) is 35.7 Å². The molecule has 2 heterocycles. The summed E-state index contributed by atoms with van der Waals surface area (Å²) in [5, 5.41) is 11.3. The minimum Gasteiger partial charge on any atom is -0.497 e. The Kier molecular flexibility index (Phi) is 7.02. The summed E-state index contributed by atoms with van der Waals surface area (Å²) in [6, 6.07) is 9.37. The van der Waals surface area contributed by atoms with E-state index < -0.39 is 0 Å². The molecule has 0 bridgehead atoms. The summed E-state index contributed by atoms with van der Waals surface area (Å²) >= 11 is 1.62. The molecule has 1 aromatic heterocycles. The maximum Gasteiger partial charge on any atom is 0.257 e.